The number of thiazole rings is 1. The normalized spacial score (nSPS) is 10.8. The van der Waals surface area contributed by atoms with Gasteiger partial charge in [-0.15, -0.1) is 11.3 Å². The third-order valence-corrected chi connectivity index (χ3v) is 4.15. The van der Waals surface area contributed by atoms with Crippen molar-refractivity contribution in [1.29, 1.82) is 0 Å². The van der Waals surface area contributed by atoms with Crippen molar-refractivity contribution in [1.82, 2.24) is 4.98 Å². The maximum atomic E-state index is 10.7. The molecule has 0 unspecified atom stereocenters. The van der Waals surface area contributed by atoms with E-state index in [0.717, 1.165) is 16.3 Å². The zero-order valence-corrected chi connectivity index (χ0v) is 11.6. The van der Waals surface area contributed by atoms with Crippen molar-refractivity contribution in [3.05, 3.63) is 64.1 Å². The molecular weight excluding hydrogens is 270 g/mol. The quantitative estimate of drug-likeness (QED) is 0.797. The minimum absolute atomic E-state index is 0.0488. The third kappa shape index (κ3) is 2.70. The minimum atomic E-state index is -0.814. The number of fused-ring (bicyclic) bond motifs is 1. The van der Waals surface area contributed by atoms with Crippen molar-refractivity contribution < 1.29 is 9.90 Å². The molecule has 0 radical (unpaired) electrons. The molecule has 1 N–H and O–H groups in total. The number of hydrogen-bond acceptors (Lipinski definition) is 3. The molecule has 0 spiro atoms. The molecule has 1 heterocycles. The fourth-order valence-corrected chi connectivity index (χ4v) is 3.21. The molecule has 3 rings (SSSR count). The van der Waals surface area contributed by atoms with E-state index < -0.39 is 5.97 Å². The van der Waals surface area contributed by atoms with Gasteiger partial charge in [0.25, 0.3) is 0 Å². The SMILES string of the molecule is O=C(O)Cc1cnc(Cc2cccc3ccccc23)s1. The van der Waals surface area contributed by atoms with Gasteiger partial charge in [0.1, 0.15) is 0 Å². The predicted molar refractivity (Wildman–Crippen MR) is 80.2 cm³/mol. The van der Waals surface area contributed by atoms with Gasteiger partial charge in [-0.05, 0) is 16.3 Å². The molecule has 4 heteroatoms. The highest BCUT2D eigenvalue weighted by Gasteiger charge is 2.08. The van der Waals surface area contributed by atoms with Crippen LogP contribution in [0, 0.1) is 0 Å². The number of nitrogens with zero attached hydrogens (tertiary/aromatic N) is 1. The summed E-state index contributed by atoms with van der Waals surface area (Å²) in [6.45, 7) is 0. The lowest BCUT2D eigenvalue weighted by atomic mass is 10.0. The van der Waals surface area contributed by atoms with Crippen LogP contribution in [0.4, 0.5) is 0 Å². The maximum Gasteiger partial charge on any atom is 0.308 e. The number of hydrogen-bond donors (Lipinski definition) is 1. The number of benzene rings is 2. The smallest absolute Gasteiger partial charge is 0.308 e. The minimum Gasteiger partial charge on any atom is -0.481 e. The molecule has 100 valence electrons. The van der Waals surface area contributed by atoms with Crippen molar-refractivity contribution >= 4 is 28.1 Å². The highest BCUT2D eigenvalue weighted by molar-refractivity contribution is 7.11. The molecule has 0 saturated heterocycles. The van der Waals surface area contributed by atoms with Gasteiger partial charge >= 0.3 is 5.97 Å². The predicted octanol–water partition coefficient (Wildman–Crippen LogP) is 3.51. The number of aliphatic carboxylic acids is 1. The van der Waals surface area contributed by atoms with Crippen molar-refractivity contribution in [3.8, 4) is 0 Å². The summed E-state index contributed by atoms with van der Waals surface area (Å²) in [6.07, 6.45) is 2.46. The van der Waals surface area contributed by atoms with Crippen LogP contribution in [0.25, 0.3) is 10.8 Å². The number of aromatic nitrogens is 1. The zero-order valence-electron chi connectivity index (χ0n) is 10.7. The molecule has 2 aromatic carbocycles. The molecule has 0 aliphatic carbocycles. The standard InChI is InChI=1S/C16H13NO2S/c18-16(19)9-13-10-17-15(20-13)8-12-6-3-5-11-4-1-2-7-14(11)12/h1-7,10H,8-9H2,(H,18,19). The summed E-state index contributed by atoms with van der Waals surface area (Å²) < 4.78 is 0. The van der Waals surface area contributed by atoms with E-state index in [1.54, 1.807) is 6.20 Å². The van der Waals surface area contributed by atoms with E-state index in [2.05, 4.69) is 29.2 Å². The first-order chi connectivity index (χ1) is 9.72. The number of rotatable bonds is 4. The van der Waals surface area contributed by atoms with Gasteiger partial charge in [-0.25, -0.2) is 4.98 Å². The molecule has 20 heavy (non-hydrogen) atoms. The number of carbonyl (C=O) groups is 1. The molecule has 0 amide bonds. The van der Waals surface area contributed by atoms with Crippen molar-refractivity contribution in [2.45, 2.75) is 12.8 Å². The topological polar surface area (TPSA) is 50.2 Å². The Kier molecular flexibility index (Phi) is 3.48. The average Bonchev–Trinajstić information content (AvgIpc) is 2.86. The largest absolute Gasteiger partial charge is 0.481 e. The Bertz CT molecular complexity index is 759. The van der Waals surface area contributed by atoms with Gasteiger partial charge in [0.05, 0.1) is 11.4 Å². The van der Waals surface area contributed by atoms with Crippen LogP contribution < -0.4 is 0 Å². The number of carboxylic acids is 1. The highest BCUT2D eigenvalue weighted by atomic mass is 32.1. The first kappa shape index (κ1) is 12.8. The van der Waals surface area contributed by atoms with Crippen LogP contribution in [0.5, 0.6) is 0 Å². The second-order valence-corrected chi connectivity index (χ2v) is 5.81. The molecule has 0 atom stereocenters. The second-order valence-electron chi connectivity index (χ2n) is 4.61. The van der Waals surface area contributed by atoms with Gasteiger partial charge < -0.3 is 5.11 Å². The summed E-state index contributed by atoms with van der Waals surface area (Å²) in [7, 11) is 0. The van der Waals surface area contributed by atoms with Gasteiger partial charge in [0.15, 0.2) is 0 Å². The lowest BCUT2D eigenvalue weighted by molar-refractivity contribution is -0.136. The van der Waals surface area contributed by atoms with E-state index in [0.29, 0.717) is 0 Å². The van der Waals surface area contributed by atoms with Gasteiger partial charge in [-0.3, -0.25) is 4.79 Å². The van der Waals surface area contributed by atoms with Crippen LogP contribution >= 0.6 is 11.3 Å². The first-order valence-corrected chi connectivity index (χ1v) is 7.16. The molecule has 0 aliphatic heterocycles. The molecular formula is C16H13NO2S. The maximum absolute atomic E-state index is 10.7. The van der Waals surface area contributed by atoms with E-state index in [9.17, 15) is 4.79 Å². The van der Waals surface area contributed by atoms with Crippen LogP contribution in [0.15, 0.2) is 48.7 Å². The van der Waals surface area contributed by atoms with Gasteiger partial charge in [0, 0.05) is 17.5 Å². The molecule has 3 nitrogen and oxygen atoms in total. The Hall–Kier alpha value is -2.20. The average molecular weight is 283 g/mol. The summed E-state index contributed by atoms with van der Waals surface area (Å²) in [6, 6.07) is 14.5. The van der Waals surface area contributed by atoms with E-state index in [1.807, 2.05) is 18.2 Å². The fraction of sp³-hybridized carbons (Fsp3) is 0.125. The zero-order chi connectivity index (χ0) is 13.9. The Morgan fingerprint density at radius 2 is 1.95 bits per heavy atom. The Labute approximate surface area is 120 Å². The summed E-state index contributed by atoms with van der Waals surface area (Å²) in [5, 5.41) is 12.2. The second kappa shape index (κ2) is 5.43. The van der Waals surface area contributed by atoms with E-state index >= 15 is 0 Å². The van der Waals surface area contributed by atoms with Gasteiger partial charge in [0.2, 0.25) is 0 Å². The van der Waals surface area contributed by atoms with E-state index in [4.69, 9.17) is 5.11 Å². The highest BCUT2D eigenvalue weighted by Crippen LogP contribution is 2.23. The van der Waals surface area contributed by atoms with E-state index in [-0.39, 0.29) is 6.42 Å². The van der Waals surface area contributed by atoms with Crippen LogP contribution in [0.1, 0.15) is 15.4 Å². The number of carboxylic acid groups (broad SMARTS) is 1. The fourth-order valence-electron chi connectivity index (χ4n) is 2.27. The lowest BCUT2D eigenvalue weighted by Crippen LogP contribution is -1.97. The summed E-state index contributed by atoms with van der Waals surface area (Å²) in [5.41, 5.74) is 1.22. The van der Waals surface area contributed by atoms with Gasteiger partial charge in [-0.1, -0.05) is 42.5 Å². The summed E-state index contributed by atoms with van der Waals surface area (Å²) in [4.78, 5) is 15.8. The van der Waals surface area contributed by atoms with E-state index in [1.165, 1.54) is 27.7 Å². The Balaban J connectivity index is 1.89. The van der Waals surface area contributed by atoms with Crippen LogP contribution in [-0.4, -0.2) is 16.1 Å². The molecule has 0 aliphatic rings. The van der Waals surface area contributed by atoms with Crippen LogP contribution in [0.3, 0.4) is 0 Å². The first-order valence-electron chi connectivity index (χ1n) is 6.34. The molecule has 0 bridgehead atoms. The van der Waals surface area contributed by atoms with Crippen LogP contribution in [0.2, 0.25) is 0 Å². The third-order valence-electron chi connectivity index (χ3n) is 3.15. The summed E-state index contributed by atoms with van der Waals surface area (Å²) >= 11 is 1.47. The van der Waals surface area contributed by atoms with Crippen molar-refractivity contribution in [2.24, 2.45) is 0 Å². The van der Waals surface area contributed by atoms with Gasteiger partial charge in [-0.2, -0.15) is 0 Å². The molecule has 0 saturated carbocycles. The molecule has 1 aromatic heterocycles. The Morgan fingerprint density at radius 1 is 1.15 bits per heavy atom. The summed E-state index contributed by atoms with van der Waals surface area (Å²) in [5.74, 6) is -0.814. The monoisotopic (exact) mass is 283 g/mol. The van der Waals surface area contributed by atoms with Crippen LogP contribution in [-0.2, 0) is 17.6 Å². The van der Waals surface area contributed by atoms with Crippen molar-refractivity contribution in [3.63, 3.8) is 0 Å². The molecule has 0 fully saturated rings. The Morgan fingerprint density at radius 3 is 2.80 bits per heavy atom. The van der Waals surface area contributed by atoms with Crippen molar-refractivity contribution in [2.75, 3.05) is 0 Å². The molecule has 3 aromatic rings. The lowest BCUT2D eigenvalue weighted by Gasteiger charge is -2.04.